The van der Waals surface area contributed by atoms with E-state index < -0.39 is 28.5 Å². The lowest BCUT2D eigenvalue weighted by molar-refractivity contribution is -0.139. The van der Waals surface area contributed by atoms with Crippen LogP contribution in [-0.2, 0) is 26.2 Å². The van der Waals surface area contributed by atoms with E-state index in [-0.39, 0.29) is 17.3 Å². The van der Waals surface area contributed by atoms with Gasteiger partial charge >= 0.3 is 0 Å². The lowest BCUT2D eigenvalue weighted by Crippen LogP contribution is -2.50. The molecule has 0 saturated heterocycles. The lowest BCUT2D eigenvalue weighted by atomic mass is 10.1. The van der Waals surface area contributed by atoms with E-state index >= 15 is 0 Å². The van der Waals surface area contributed by atoms with E-state index in [9.17, 15) is 18.0 Å². The summed E-state index contributed by atoms with van der Waals surface area (Å²) in [5.41, 5.74) is 3.04. The molecule has 0 aliphatic rings. The molecule has 0 aromatic heterocycles. The van der Waals surface area contributed by atoms with Crippen LogP contribution in [0.2, 0.25) is 0 Å². The van der Waals surface area contributed by atoms with E-state index in [1.54, 1.807) is 68.6 Å². The van der Waals surface area contributed by atoms with Crippen LogP contribution in [0.3, 0.4) is 0 Å². The number of rotatable bonds is 10. The van der Waals surface area contributed by atoms with Crippen molar-refractivity contribution in [2.75, 3.05) is 25.0 Å². The third kappa shape index (κ3) is 6.48. The van der Waals surface area contributed by atoms with Gasteiger partial charge in [-0.15, -0.1) is 0 Å². The number of carbonyl (C=O) groups is 2. The topological polar surface area (TPSA) is 96.0 Å². The molecule has 0 aliphatic heterocycles. The van der Waals surface area contributed by atoms with Crippen LogP contribution in [0.15, 0.2) is 77.7 Å². The average molecular weight is 524 g/mol. The summed E-state index contributed by atoms with van der Waals surface area (Å²) < 4.78 is 33.8. The standard InChI is InChI=1S/C28H33N3O5S/c1-20-11-14-24(17-21(20)2)31(37(34,35)26-9-7-6-8-10-26)19-27(32)30(22(3)28(33)29-4)18-23-12-15-25(36-5)16-13-23/h6-17,22H,18-19H2,1-5H3,(H,29,33)/t22-/m1/s1. The maximum atomic E-state index is 13.8. The number of hydrogen-bond donors (Lipinski definition) is 1. The Kier molecular flexibility index (Phi) is 8.94. The second kappa shape index (κ2) is 11.9. The van der Waals surface area contributed by atoms with Gasteiger partial charge in [0.25, 0.3) is 10.0 Å². The van der Waals surface area contributed by atoms with Crippen molar-refractivity contribution in [3.63, 3.8) is 0 Å². The van der Waals surface area contributed by atoms with Gasteiger partial charge in [0.1, 0.15) is 18.3 Å². The highest BCUT2D eigenvalue weighted by molar-refractivity contribution is 7.92. The van der Waals surface area contributed by atoms with Crippen molar-refractivity contribution in [1.29, 1.82) is 0 Å². The van der Waals surface area contributed by atoms with Crippen molar-refractivity contribution in [3.8, 4) is 5.75 Å². The van der Waals surface area contributed by atoms with Crippen LogP contribution in [0.5, 0.6) is 5.75 Å². The Morgan fingerprint density at radius 2 is 1.59 bits per heavy atom. The molecule has 0 fully saturated rings. The first kappa shape index (κ1) is 27.7. The number of anilines is 1. The molecular weight excluding hydrogens is 490 g/mol. The van der Waals surface area contributed by atoms with Crippen molar-refractivity contribution < 1.29 is 22.7 Å². The predicted molar refractivity (Wildman–Crippen MR) is 144 cm³/mol. The molecular formula is C28H33N3O5S. The number of aryl methyl sites for hydroxylation is 2. The third-order valence-corrected chi connectivity index (χ3v) is 8.10. The summed E-state index contributed by atoms with van der Waals surface area (Å²) in [4.78, 5) is 27.8. The highest BCUT2D eigenvalue weighted by Crippen LogP contribution is 2.26. The first-order chi connectivity index (χ1) is 17.6. The van der Waals surface area contributed by atoms with Crippen LogP contribution in [-0.4, -0.2) is 51.9 Å². The molecule has 0 spiro atoms. The Balaban J connectivity index is 2.03. The largest absolute Gasteiger partial charge is 0.497 e. The molecule has 3 aromatic carbocycles. The molecule has 1 N–H and O–H groups in total. The molecule has 0 aliphatic carbocycles. The van der Waals surface area contributed by atoms with E-state index in [0.29, 0.717) is 11.4 Å². The van der Waals surface area contributed by atoms with Crippen LogP contribution in [0.4, 0.5) is 5.69 Å². The number of hydrogen-bond acceptors (Lipinski definition) is 5. The quantitative estimate of drug-likeness (QED) is 0.438. The molecule has 3 aromatic rings. The molecule has 0 unspecified atom stereocenters. The summed E-state index contributed by atoms with van der Waals surface area (Å²) in [5, 5.41) is 2.57. The number of sulfonamides is 1. The van der Waals surface area contributed by atoms with Gasteiger partial charge < -0.3 is 15.0 Å². The summed E-state index contributed by atoms with van der Waals surface area (Å²) in [6, 6.07) is 19.6. The second-order valence-electron chi connectivity index (χ2n) is 8.75. The van der Waals surface area contributed by atoms with Gasteiger partial charge in [-0.05, 0) is 73.9 Å². The lowest BCUT2D eigenvalue weighted by Gasteiger charge is -2.32. The molecule has 37 heavy (non-hydrogen) atoms. The molecule has 0 saturated carbocycles. The smallest absolute Gasteiger partial charge is 0.264 e. The molecule has 2 amide bonds. The fourth-order valence-electron chi connectivity index (χ4n) is 3.85. The second-order valence-corrected chi connectivity index (χ2v) is 10.6. The maximum Gasteiger partial charge on any atom is 0.264 e. The van der Waals surface area contributed by atoms with E-state index in [2.05, 4.69) is 5.32 Å². The average Bonchev–Trinajstić information content (AvgIpc) is 2.91. The minimum absolute atomic E-state index is 0.0714. The van der Waals surface area contributed by atoms with Crippen molar-refractivity contribution in [2.45, 2.75) is 38.3 Å². The zero-order valence-corrected chi connectivity index (χ0v) is 22.6. The number of nitrogens with one attached hydrogen (secondary N) is 1. The Morgan fingerprint density at radius 3 is 2.16 bits per heavy atom. The molecule has 0 heterocycles. The number of nitrogens with zero attached hydrogens (tertiary/aromatic N) is 2. The fourth-order valence-corrected chi connectivity index (χ4v) is 5.28. The Labute approximate surface area is 218 Å². The summed E-state index contributed by atoms with van der Waals surface area (Å²) in [5.74, 6) is -0.203. The third-order valence-electron chi connectivity index (χ3n) is 6.31. The van der Waals surface area contributed by atoms with Crippen LogP contribution in [0.1, 0.15) is 23.6 Å². The number of benzene rings is 3. The SMILES string of the molecule is CNC(=O)[C@@H](C)N(Cc1ccc(OC)cc1)C(=O)CN(c1ccc(C)c(C)c1)S(=O)(=O)c1ccccc1. The fraction of sp³-hybridized carbons (Fsp3) is 0.286. The maximum absolute atomic E-state index is 13.8. The van der Waals surface area contributed by atoms with Crippen molar-refractivity contribution in [3.05, 3.63) is 89.5 Å². The highest BCUT2D eigenvalue weighted by atomic mass is 32.2. The zero-order valence-electron chi connectivity index (χ0n) is 21.8. The number of amides is 2. The summed E-state index contributed by atoms with van der Waals surface area (Å²) in [7, 11) is -1.02. The minimum atomic E-state index is -4.08. The van der Waals surface area contributed by atoms with E-state index in [1.165, 1.54) is 24.1 Å². The van der Waals surface area contributed by atoms with E-state index in [4.69, 9.17) is 4.74 Å². The molecule has 0 bridgehead atoms. The van der Waals surface area contributed by atoms with Crippen LogP contribution < -0.4 is 14.4 Å². The van der Waals surface area contributed by atoms with E-state index in [1.807, 2.05) is 19.9 Å². The predicted octanol–water partition coefficient (Wildman–Crippen LogP) is 3.67. The molecule has 9 heteroatoms. The molecule has 0 radical (unpaired) electrons. The molecule has 8 nitrogen and oxygen atoms in total. The van der Waals surface area contributed by atoms with Crippen molar-refractivity contribution in [1.82, 2.24) is 10.2 Å². The highest BCUT2D eigenvalue weighted by Gasteiger charge is 2.32. The minimum Gasteiger partial charge on any atom is -0.497 e. The van der Waals surface area contributed by atoms with Crippen molar-refractivity contribution in [2.24, 2.45) is 0 Å². The van der Waals surface area contributed by atoms with Gasteiger partial charge in [0.15, 0.2) is 0 Å². The molecule has 1 atom stereocenters. The monoisotopic (exact) mass is 523 g/mol. The van der Waals surface area contributed by atoms with Gasteiger partial charge in [-0.1, -0.05) is 36.4 Å². The zero-order chi connectivity index (χ0) is 27.2. The molecule has 3 rings (SSSR count). The van der Waals surface area contributed by atoms with Gasteiger partial charge in [0.05, 0.1) is 17.7 Å². The van der Waals surface area contributed by atoms with Crippen molar-refractivity contribution >= 4 is 27.5 Å². The Bertz CT molecular complexity index is 1340. The van der Waals surface area contributed by atoms with Crippen LogP contribution in [0.25, 0.3) is 0 Å². The normalized spacial score (nSPS) is 11.9. The van der Waals surface area contributed by atoms with Crippen LogP contribution in [0, 0.1) is 13.8 Å². The molecule has 196 valence electrons. The van der Waals surface area contributed by atoms with E-state index in [0.717, 1.165) is 21.0 Å². The number of likely N-dealkylation sites (N-methyl/N-ethyl adjacent to an activating group) is 1. The summed E-state index contributed by atoms with van der Waals surface area (Å²) in [6.07, 6.45) is 0. The Morgan fingerprint density at radius 1 is 0.946 bits per heavy atom. The number of ether oxygens (including phenoxy) is 1. The number of carbonyl (C=O) groups excluding carboxylic acids is 2. The van der Waals surface area contributed by atoms with Gasteiger partial charge in [-0.3, -0.25) is 13.9 Å². The first-order valence-corrected chi connectivity index (χ1v) is 13.3. The number of methoxy groups -OCH3 is 1. The summed E-state index contributed by atoms with van der Waals surface area (Å²) >= 11 is 0. The van der Waals surface area contributed by atoms with Gasteiger partial charge in [-0.2, -0.15) is 0 Å². The first-order valence-electron chi connectivity index (χ1n) is 11.9. The van der Waals surface area contributed by atoms with Gasteiger partial charge in [0, 0.05) is 13.6 Å². The van der Waals surface area contributed by atoms with Gasteiger partial charge in [-0.25, -0.2) is 8.42 Å². The van der Waals surface area contributed by atoms with Crippen LogP contribution >= 0.6 is 0 Å². The Hall–Kier alpha value is -3.85. The summed E-state index contributed by atoms with van der Waals surface area (Å²) in [6.45, 7) is 5.08. The van der Waals surface area contributed by atoms with Gasteiger partial charge in [0.2, 0.25) is 11.8 Å².